The van der Waals surface area contributed by atoms with Gasteiger partial charge in [0, 0.05) is 27.6 Å². The largest absolute Gasteiger partial charge is 0.416 e. The van der Waals surface area contributed by atoms with Crippen LogP contribution < -0.4 is 0 Å². The van der Waals surface area contributed by atoms with E-state index in [1.165, 1.54) is 27.4 Å². The minimum atomic E-state index is 0.516. The van der Waals surface area contributed by atoms with Crippen molar-refractivity contribution >= 4 is 21.8 Å². The molecule has 2 heterocycles. The summed E-state index contributed by atoms with van der Waals surface area (Å²) in [6.07, 6.45) is 0. The van der Waals surface area contributed by atoms with Crippen LogP contribution in [0.5, 0.6) is 0 Å². The number of fused-ring (bicyclic) bond motifs is 3. The monoisotopic (exact) mass is 463 g/mol. The molecule has 0 aliphatic rings. The Morgan fingerprint density at radius 3 is 1.75 bits per heavy atom. The van der Waals surface area contributed by atoms with E-state index in [0.29, 0.717) is 11.8 Å². The molecule has 4 heteroatoms. The minimum Gasteiger partial charge on any atom is -0.416 e. The number of para-hydroxylation sites is 2. The van der Waals surface area contributed by atoms with Crippen LogP contribution in [0.3, 0.4) is 0 Å². The molecule has 0 saturated carbocycles. The third kappa shape index (κ3) is 3.39. The van der Waals surface area contributed by atoms with Crippen molar-refractivity contribution in [2.45, 2.75) is 0 Å². The van der Waals surface area contributed by atoms with E-state index in [4.69, 9.17) is 4.42 Å². The summed E-state index contributed by atoms with van der Waals surface area (Å²) < 4.78 is 8.26. The van der Waals surface area contributed by atoms with Crippen molar-refractivity contribution in [2.75, 3.05) is 0 Å². The first-order chi connectivity index (χ1) is 17.8. The van der Waals surface area contributed by atoms with Crippen LogP contribution in [0.15, 0.2) is 132 Å². The highest BCUT2D eigenvalue weighted by Crippen LogP contribution is 2.35. The molecule has 0 radical (unpaired) electrons. The predicted molar refractivity (Wildman–Crippen MR) is 145 cm³/mol. The molecule has 36 heavy (non-hydrogen) atoms. The molecule has 7 rings (SSSR count). The van der Waals surface area contributed by atoms with E-state index < -0.39 is 0 Å². The van der Waals surface area contributed by atoms with E-state index in [1.54, 1.807) is 0 Å². The Bertz CT molecular complexity index is 1820. The molecular weight excluding hydrogens is 442 g/mol. The van der Waals surface area contributed by atoms with Gasteiger partial charge in [-0.05, 0) is 65.7 Å². The lowest BCUT2D eigenvalue weighted by molar-refractivity contribution is 0.584. The first kappa shape index (κ1) is 20.4. The molecular formula is C32H21N3O. The lowest BCUT2D eigenvalue weighted by Gasteiger charge is -2.08. The molecule has 0 spiro atoms. The Morgan fingerprint density at radius 1 is 0.444 bits per heavy atom. The van der Waals surface area contributed by atoms with Crippen molar-refractivity contribution in [1.29, 1.82) is 0 Å². The molecule has 2 aromatic heterocycles. The zero-order valence-corrected chi connectivity index (χ0v) is 19.4. The third-order valence-corrected chi connectivity index (χ3v) is 6.60. The van der Waals surface area contributed by atoms with Crippen LogP contribution in [-0.2, 0) is 0 Å². The number of aromatic nitrogens is 3. The highest BCUT2D eigenvalue weighted by Gasteiger charge is 2.14. The zero-order chi connectivity index (χ0) is 23.9. The quantitative estimate of drug-likeness (QED) is 0.264. The molecule has 0 aliphatic carbocycles. The summed E-state index contributed by atoms with van der Waals surface area (Å²) in [6.45, 7) is 0. The molecule has 0 amide bonds. The summed E-state index contributed by atoms with van der Waals surface area (Å²) in [5, 5.41) is 10.9. The predicted octanol–water partition coefficient (Wildman–Crippen LogP) is 8.17. The van der Waals surface area contributed by atoms with Crippen LogP contribution in [0.1, 0.15) is 0 Å². The smallest absolute Gasteiger partial charge is 0.248 e. The van der Waals surface area contributed by atoms with Crippen LogP contribution in [0.2, 0.25) is 0 Å². The van der Waals surface area contributed by atoms with Crippen molar-refractivity contribution in [1.82, 2.24) is 14.8 Å². The highest BCUT2D eigenvalue weighted by molar-refractivity contribution is 6.10. The van der Waals surface area contributed by atoms with Gasteiger partial charge < -0.3 is 8.98 Å². The first-order valence-corrected chi connectivity index (χ1v) is 11.9. The topological polar surface area (TPSA) is 43.9 Å². The SMILES string of the molecule is c1ccc(-c2nnc(-c3ccc(-c4ccc5c(c4)c4ccccc4n5-c4ccccc4)cc3)o2)cc1. The summed E-state index contributed by atoms with van der Waals surface area (Å²) in [5.74, 6) is 1.04. The standard InChI is InChI=1S/C32H21N3O/c1-3-9-23(10-4-1)31-33-34-32(36-31)24-17-15-22(16-18-24)25-19-20-30-28(21-25)27-13-7-8-14-29(27)35(30)26-11-5-2-6-12-26/h1-21H. The van der Waals surface area contributed by atoms with Crippen molar-refractivity contribution in [3.05, 3.63) is 127 Å². The average molecular weight is 464 g/mol. The molecule has 0 bridgehead atoms. The molecule has 0 fully saturated rings. The van der Waals surface area contributed by atoms with Gasteiger partial charge in [-0.2, -0.15) is 0 Å². The second-order valence-corrected chi connectivity index (χ2v) is 8.78. The summed E-state index contributed by atoms with van der Waals surface area (Å²) in [6, 6.07) is 43.9. The van der Waals surface area contributed by atoms with E-state index in [0.717, 1.165) is 22.4 Å². The molecule has 4 nitrogen and oxygen atoms in total. The van der Waals surface area contributed by atoms with E-state index in [1.807, 2.05) is 42.5 Å². The Morgan fingerprint density at radius 2 is 1.00 bits per heavy atom. The van der Waals surface area contributed by atoms with Crippen molar-refractivity contribution < 1.29 is 4.42 Å². The maximum absolute atomic E-state index is 5.93. The second kappa shape index (κ2) is 8.36. The summed E-state index contributed by atoms with van der Waals surface area (Å²) in [7, 11) is 0. The second-order valence-electron chi connectivity index (χ2n) is 8.78. The van der Waals surface area contributed by atoms with Crippen molar-refractivity contribution in [3.63, 3.8) is 0 Å². The zero-order valence-electron chi connectivity index (χ0n) is 19.4. The third-order valence-electron chi connectivity index (χ3n) is 6.60. The van der Waals surface area contributed by atoms with Gasteiger partial charge in [0.15, 0.2) is 0 Å². The minimum absolute atomic E-state index is 0.516. The molecule has 0 atom stereocenters. The van der Waals surface area contributed by atoms with Gasteiger partial charge in [-0.25, -0.2) is 0 Å². The van der Waals surface area contributed by atoms with Crippen LogP contribution in [0.4, 0.5) is 0 Å². The fourth-order valence-electron chi connectivity index (χ4n) is 4.85. The molecule has 5 aromatic carbocycles. The summed E-state index contributed by atoms with van der Waals surface area (Å²) in [4.78, 5) is 0. The fraction of sp³-hybridized carbons (Fsp3) is 0. The highest BCUT2D eigenvalue weighted by atomic mass is 16.4. The molecule has 0 saturated heterocycles. The summed E-state index contributed by atoms with van der Waals surface area (Å²) in [5.41, 5.74) is 7.68. The van der Waals surface area contributed by atoms with Gasteiger partial charge in [0.25, 0.3) is 0 Å². The fourth-order valence-corrected chi connectivity index (χ4v) is 4.85. The number of hydrogen-bond donors (Lipinski definition) is 0. The van der Waals surface area contributed by atoms with Crippen molar-refractivity contribution in [3.8, 4) is 39.7 Å². The number of benzene rings is 5. The molecule has 170 valence electrons. The number of hydrogen-bond acceptors (Lipinski definition) is 3. The van der Waals surface area contributed by atoms with Gasteiger partial charge in [-0.1, -0.05) is 72.8 Å². The average Bonchev–Trinajstić information content (AvgIpc) is 3.57. The van der Waals surface area contributed by atoms with E-state index in [-0.39, 0.29) is 0 Å². The Labute approximate surface area is 208 Å². The van der Waals surface area contributed by atoms with Gasteiger partial charge in [0.1, 0.15) is 0 Å². The maximum Gasteiger partial charge on any atom is 0.248 e. The van der Waals surface area contributed by atoms with Gasteiger partial charge in [-0.3, -0.25) is 0 Å². The molecule has 7 aromatic rings. The first-order valence-electron chi connectivity index (χ1n) is 11.9. The lowest BCUT2D eigenvalue weighted by Crippen LogP contribution is -1.92. The van der Waals surface area contributed by atoms with Crippen LogP contribution in [0, 0.1) is 0 Å². The van der Waals surface area contributed by atoms with Crippen LogP contribution in [-0.4, -0.2) is 14.8 Å². The molecule has 0 unspecified atom stereocenters. The molecule has 0 N–H and O–H groups in total. The van der Waals surface area contributed by atoms with Gasteiger partial charge in [0.05, 0.1) is 11.0 Å². The van der Waals surface area contributed by atoms with E-state index >= 15 is 0 Å². The number of rotatable bonds is 4. The van der Waals surface area contributed by atoms with Crippen molar-refractivity contribution in [2.24, 2.45) is 0 Å². The number of nitrogens with zero attached hydrogens (tertiary/aromatic N) is 3. The van der Waals surface area contributed by atoms with Crippen LogP contribution in [0.25, 0.3) is 61.5 Å². The van der Waals surface area contributed by atoms with E-state index in [2.05, 4.69) is 99.7 Å². The molecule has 0 aliphatic heterocycles. The van der Waals surface area contributed by atoms with Gasteiger partial charge >= 0.3 is 0 Å². The van der Waals surface area contributed by atoms with Gasteiger partial charge in [0.2, 0.25) is 11.8 Å². The lowest BCUT2D eigenvalue weighted by atomic mass is 10.0. The maximum atomic E-state index is 5.93. The Kier molecular flexibility index (Phi) is 4.74. The van der Waals surface area contributed by atoms with E-state index in [9.17, 15) is 0 Å². The van der Waals surface area contributed by atoms with Gasteiger partial charge in [-0.15, -0.1) is 10.2 Å². The summed E-state index contributed by atoms with van der Waals surface area (Å²) >= 11 is 0. The Balaban J connectivity index is 1.28. The Hall–Kier alpha value is -4.96. The normalized spacial score (nSPS) is 11.3. The van der Waals surface area contributed by atoms with Crippen LogP contribution >= 0.6 is 0 Å².